The summed E-state index contributed by atoms with van der Waals surface area (Å²) in [5.41, 5.74) is 2.84. The summed E-state index contributed by atoms with van der Waals surface area (Å²) in [5, 5.41) is 11.2. The molecule has 0 unspecified atom stereocenters. The molecule has 0 atom stereocenters. The Hall–Kier alpha value is -3.61. The minimum Gasteiger partial charge on any atom is -0.493 e. The Bertz CT molecular complexity index is 1140. The number of anilines is 1. The zero-order chi connectivity index (χ0) is 20.4. The van der Waals surface area contributed by atoms with Crippen LogP contribution >= 0.6 is 0 Å². The van der Waals surface area contributed by atoms with E-state index in [1.165, 1.54) is 5.56 Å². The van der Waals surface area contributed by atoms with E-state index in [4.69, 9.17) is 13.6 Å². The van der Waals surface area contributed by atoms with Gasteiger partial charge < -0.3 is 13.6 Å². The molecule has 0 saturated carbocycles. The van der Waals surface area contributed by atoms with Gasteiger partial charge in [0.05, 0.1) is 13.5 Å². The SMILES string of the molecule is COc1cccc2cc(C(=O)Nc3nnc(Cc4ccc(C(C)C)cc4)o3)oc12. The van der Waals surface area contributed by atoms with E-state index in [1.807, 2.05) is 24.3 Å². The normalized spacial score (nSPS) is 11.2. The van der Waals surface area contributed by atoms with Gasteiger partial charge >= 0.3 is 6.01 Å². The number of amides is 1. The van der Waals surface area contributed by atoms with Gasteiger partial charge in [0.1, 0.15) is 0 Å². The van der Waals surface area contributed by atoms with Crippen molar-refractivity contribution in [1.29, 1.82) is 0 Å². The summed E-state index contributed by atoms with van der Waals surface area (Å²) < 4.78 is 16.4. The fourth-order valence-corrected chi connectivity index (χ4v) is 3.04. The number of ether oxygens (including phenoxy) is 1. The molecule has 7 heteroatoms. The highest BCUT2D eigenvalue weighted by atomic mass is 16.5. The van der Waals surface area contributed by atoms with E-state index in [0.717, 1.165) is 10.9 Å². The first-order valence-corrected chi connectivity index (χ1v) is 9.32. The van der Waals surface area contributed by atoms with Gasteiger partial charge in [0, 0.05) is 5.39 Å². The third-order valence-electron chi connectivity index (χ3n) is 4.64. The molecule has 0 fully saturated rings. The highest BCUT2D eigenvalue weighted by Crippen LogP contribution is 2.28. The summed E-state index contributed by atoms with van der Waals surface area (Å²) in [6, 6.07) is 15.4. The maximum atomic E-state index is 12.5. The van der Waals surface area contributed by atoms with Gasteiger partial charge in [-0.25, -0.2) is 0 Å². The van der Waals surface area contributed by atoms with Crippen LogP contribution in [0.1, 0.15) is 47.3 Å². The van der Waals surface area contributed by atoms with Crippen molar-refractivity contribution < 1.29 is 18.4 Å². The molecule has 4 rings (SSSR count). The number of fused-ring (bicyclic) bond motifs is 1. The minimum absolute atomic E-state index is 0.0243. The monoisotopic (exact) mass is 391 g/mol. The number of nitrogens with one attached hydrogen (secondary N) is 1. The highest BCUT2D eigenvalue weighted by Gasteiger charge is 2.17. The Kier molecular flexibility index (Phi) is 5.03. The predicted octanol–water partition coefficient (Wildman–Crippen LogP) is 4.79. The zero-order valence-corrected chi connectivity index (χ0v) is 16.4. The fourth-order valence-electron chi connectivity index (χ4n) is 3.04. The molecule has 0 aliphatic rings. The summed E-state index contributed by atoms with van der Waals surface area (Å²) in [4.78, 5) is 12.5. The number of methoxy groups -OCH3 is 1. The third-order valence-corrected chi connectivity index (χ3v) is 4.64. The van der Waals surface area contributed by atoms with Gasteiger partial charge in [0.2, 0.25) is 5.89 Å². The van der Waals surface area contributed by atoms with Crippen molar-refractivity contribution >= 4 is 22.9 Å². The van der Waals surface area contributed by atoms with Gasteiger partial charge in [-0.1, -0.05) is 55.3 Å². The summed E-state index contributed by atoms with van der Waals surface area (Å²) >= 11 is 0. The molecule has 4 aromatic rings. The van der Waals surface area contributed by atoms with Gasteiger partial charge in [-0.05, 0) is 29.2 Å². The first-order valence-electron chi connectivity index (χ1n) is 9.32. The Morgan fingerprint density at radius 3 is 2.62 bits per heavy atom. The van der Waals surface area contributed by atoms with Gasteiger partial charge in [-0.15, -0.1) is 5.10 Å². The molecule has 2 aromatic heterocycles. The average molecular weight is 391 g/mol. The molecule has 0 aliphatic heterocycles. The van der Waals surface area contributed by atoms with Crippen LogP contribution in [0, 0.1) is 0 Å². The number of carbonyl (C=O) groups is 1. The molecule has 7 nitrogen and oxygen atoms in total. The maximum absolute atomic E-state index is 12.5. The smallest absolute Gasteiger partial charge is 0.322 e. The molecular weight excluding hydrogens is 370 g/mol. The number of furan rings is 1. The third kappa shape index (κ3) is 3.99. The van der Waals surface area contributed by atoms with E-state index in [-0.39, 0.29) is 11.8 Å². The Balaban J connectivity index is 1.45. The molecule has 1 N–H and O–H groups in total. The van der Waals surface area contributed by atoms with Crippen LogP contribution in [0.25, 0.3) is 11.0 Å². The zero-order valence-electron chi connectivity index (χ0n) is 16.4. The van der Waals surface area contributed by atoms with Gasteiger partial charge in [-0.3, -0.25) is 10.1 Å². The standard InChI is InChI=1S/C22H21N3O4/c1-13(2)15-9-7-14(8-10-15)11-19-24-25-22(29-19)23-21(26)18-12-16-5-4-6-17(27-3)20(16)28-18/h4-10,12-13H,11H2,1-3H3,(H,23,25,26). The summed E-state index contributed by atoms with van der Waals surface area (Å²) in [5.74, 6) is 1.12. The molecule has 0 bridgehead atoms. The van der Waals surface area contributed by atoms with Crippen molar-refractivity contribution in [3.63, 3.8) is 0 Å². The lowest BCUT2D eigenvalue weighted by Gasteiger charge is -2.05. The largest absolute Gasteiger partial charge is 0.493 e. The highest BCUT2D eigenvalue weighted by molar-refractivity contribution is 6.04. The second kappa shape index (κ2) is 7.79. The van der Waals surface area contributed by atoms with Crippen LogP contribution in [0.15, 0.2) is 57.4 Å². The Morgan fingerprint density at radius 2 is 1.90 bits per heavy atom. The molecule has 0 spiro atoms. The number of aromatic nitrogens is 2. The summed E-state index contributed by atoms with van der Waals surface area (Å²) in [7, 11) is 1.55. The van der Waals surface area contributed by atoms with Crippen LogP contribution in [-0.2, 0) is 6.42 Å². The molecule has 0 aliphatic carbocycles. The Morgan fingerprint density at radius 1 is 1.10 bits per heavy atom. The van der Waals surface area contributed by atoms with Gasteiger partial charge in [-0.2, -0.15) is 0 Å². The lowest BCUT2D eigenvalue weighted by Crippen LogP contribution is -2.11. The molecule has 1 amide bonds. The van der Waals surface area contributed by atoms with Crippen molar-refractivity contribution in [3.8, 4) is 5.75 Å². The van der Waals surface area contributed by atoms with E-state index in [9.17, 15) is 4.79 Å². The number of nitrogens with zero attached hydrogens (tertiary/aromatic N) is 2. The van der Waals surface area contributed by atoms with Crippen LogP contribution in [0.2, 0.25) is 0 Å². The lowest BCUT2D eigenvalue weighted by atomic mass is 10.0. The first-order chi connectivity index (χ1) is 14.0. The lowest BCUT2D eigenvalue weighted by molar-refractivity contribution is 0.0995. The predicted molar refractivity (Wildman–Crippen MR) is 108 cm³/mol. The van der Waals surface area contributed by atoms with Crippen molar-refractivity contribution in [3.05, 3.63) is 71.3 Å². The second-order valence-electron chi connectivity index (χ2n) is 7.02. The van der Waals surface area contributed by atoms with E-state index in [1.54, 1.807) is 19.2 Å². The number of benzene rings is 2. The molecule has 2 aromatic carbocycles. The molecular formula is C22H21N3O4. The number of hydrogen-bond acceptors (Lipinski definition) is 6. The van der Waals surface area contributed by atoms with Crippen LogP contribution in [0.3, 0.4) is 0 Å². The number of rotatable bonds is 6. The van der Waals surface area contributed by atoms with Gasteiger partial charge in [0.15, 0.2) is 17.1 Å². The number of para-hydroxylation sites is 1. The molecule has 148 valence electrons. The number of carbonyl (C=O) groups excluding carboxylic acids is 1. The quantitative estimate of drug-likeness (QED) is 0.508. The Labute approximate surface area is 167 Å². The van der Waals surface area contributed by atoms with Crippen molar-refractivity contribution in [1.82, 2.24) is 10.2 Å². The van der Waals surface area contributed by atoms with E-state index in [2.05, 4.69) is 41.5 Å². The van der Waals surface area contributed by atoms with Crippen molar-refractivity contribution in [2.75, 3.05) is 12.4 Å². The summed E-state index contributed by atoms with van der Waals surface area (Å²) in [6.07, 6.45) is 0.489. The molecule has 2 heterocycles. The van der Waals surface area contributed by atoms with Crippen LogP contribution < -0.4 is 10.1 Å². The first kappa shape index (κ1) is 18.7. The van der Waals surface area contributed by atoms with E-state index >= 15 is 0 Å². The van der Waals surface area contributed by atoms with E-state index in [0.29, 0.717) is 29.6 Å². The van der Waals surface area contributed by atoms with Gasteiger partial charge in [0.25, 0.3) is 5.91 Å². The fraction of sp³-hybridized carbons (Fsp3) is 0.227. The second-order valence-corrected chi connectivity index (χ2v) is 7.02. The maximum Gasteiger partial charge on any atom is 0.322 e. The van der Waals surface area contributed by atoms with Crippen molar-refractivity contribution in [2.24, 2.45) is 0 Å². The molecule has 29 heavy (non-hydrogen) atoms. The molecule has 0 saturated heterocycles. The van der Waals surface area contributed by atoms with Crippen LogP contribution in [-0.4, -0.2) is 23.2 Å². The van der Waals surface area contributed by atoms with Crippen LogP contribution in [0.5, 0.6) is 5.75 Å². The molecule has 0 radical (unpaired) electrons. The minimum atomic E-state index is -0.472. The number of hydrogen-bond donors (Lipinski definition) is 1. The summed E-state index contributed by atoms with van der Waals surface area (Å²) in [6.45, 7) is 4.31. The van der Waals surface area contributed by atoms with Crippen LogP contribution in [0.4, 0.5) is 6.01 Å². The average Bonchev–Trinajstić information content (AvgIpc) is 3.35. The van der Waals surface area contributed by atoms with E-state index < -0.39 is 5.91 Å². The van der Waals surface area contributed by atoms with Crippen molar-refractivity contribution in [2.45, 2.75) is 26.2 Å². The topological polar surface area (TPSA) is 90.4 Å².